The molecule has 7 heteroatoms. The molecule has 0 aliphatic carbocycles. The minimum atomic E-state index is -0.660. The first-order valence-electron chi connectivity index (χ1n) is 7.67. The molecule has 0 bridgehead atoms. The molecule has 1 aromatic rings. The second-order valence-corrected chi connectivity index (χ2v) is 5.39. The number of carbonyl (C=O) groups is 2. The molecule has 0 spiro atoms. The normalized spacial score (nSPS) is 13.0. The molecular weight excluding hydrogens is 301 g/mol. The number of urea groups is 1. The molecule has 4 N–H and O–H groups in total. The van der Waals surface area contributed by atoms with Gasteiger partial charge in [-0.1, -0.05) is 25.5 Å². The number of aliphatic hydroxyl groups is 1. The van der Waals surface area contributed by atoms with E-state index in [1.165, 1.54) is 12.1 Å². The molecule has 3 amide bonds. The van der Waals surface area contributed by atoms with Crippen LogP contribution >= 0.6 is 0 Å². The molecule has 0 heterocycles. The van der Waals surface area contributed by atoms with Crippen molar-refractivity contribution in [2.45, 2.75) is 45.4 Å². The van der Waals surface area contributed by atoms with Crippen molar-refractivity contribution in [1.82, 2.24) is 16.0 Å². The van der Waals surface area contributed by atoms with E-state index in [0.717, 1.165) is 12.0 Å². The fraction of sp³-hybridized carbons (Fsp3) is 0.500. The number of hydrogen-bond acceptors (Lipinski definition) is 3. The first-order valence-corrected chi connectivity index (χ1v) is 7.67. The van der Waals surface area contributed by atoms with E-state index in [9.17, 15) is 19.1 Å². The SMILES string of the molecule is CCCC(NC(=O)NCc1ccc(F)cc1)C(=O)NCC(C)O. The minimum absolute atomic E-state index is 0.137. The van der Waals surface area contributed by atoms with Crippen LogP contribution in [-0.4, -0.2) is 35.7 Å². The standard InChI is InChI=1S/C16H24FN3O3/c1-3-4-14(15(22)18-9-11(2)21)20-16(23)19-10-12-5-7-13(17)8-6-12/h5-8,11,14,21H,3-4,9-10H2,1-2H3,(H,18,22)(H2,19,20,23). The second kappa shape index (κ2) is 9.78. The van der Waals surface area contributed by atoms with Crippen LogP contribution in [0.3, 0.4) is 0 Å². The highest BCUT2D eigenvalue weighted by molar-refractivity contribution is 5.86. The fourth-order valence-corrected chi connectivity index (χ4v) is 1.92. The van der Waals surface area contributed by atoms with Gasteiger partial charge in [0.05, 0.1) is 6.10 Å². The van der Waals surface area contributed by atoms with Crippen LogP contribution in [0.4, 0.5) is 9.18 Å². The van der Waals surface area contributed by atoms with Crippen molar-refractivity contribution in [3.8, 4) is 0 Å². The lowest BCUT2D eigenvalue weighted by Crippen LogP contribution is -2.50. The van der Waals surface area contributed by atoms with E-state index < -0.39 is 18.2 Å². The number of nitrogens with one attached hydrogen (secondary N) is 3. The predicted molar refractivity (Wildman–Crippen MR) is 85.2 cm³/mol. The third-order valence-electron chi connectivity index (χ3n) is 3.14. The van der Waals surface area contributed by atoms with Crippen LogP contribution in [-0.2, 0) is 11.3 Å². The molecule has 2 atom stereocenters. The highest BCUT2D eigenvalue weighted by Crippen LogP contribution is 2.02. The van der Waals surface area contributed by atoms with Crippen LogP contribution < -0.4 is 16.0 Å². The molecule has 0 fully saturated rings. The fourth-order valence-electron chi connectivity index (χ4n) is 1.92. The molecule has 2 unspecified atom stereocenters. The summed E-state index contributed by atoms with van der Waals surface area (Å²) in [6.45, 7) is 3.85. The zero-order valence-corrected chi connectivity index (χ0v) is 13.4. The summed E-state index contributed by atoms with van der Waals surface area (Å²) in [5, 5.41) is 17.0. The third kappa shape index (κ3) is 7.60. The molecule has 0 saturated heterocycles. The minimum Gasteiger partial charge on any atom is -0.392 e. The first-order chi connectivity index (χ1) is 10.9. The van der Waals surface area contributed by atoms with Crippen LogP contribution in [0.25, 0.3) is 0 Å². The Kier molecular flexibility index (Phi) is 8.04. The molecule has 0 aliphatic heterocycles. The lowest BCUT2D eigenvalue weighted by Gasteiger charge is -2.18. The van der Waals surface area contributed by atoms with Crippen LogP contribution in [0.2, 0.25) is 0 Å². The molecule has 23 heavy (non-hydrogen) atoms. The average molecular weight is 325 g/mol. The van der Waals surface area contributed by atoms with Gasteiger partial charge in [0.25, 0.3) is 0 Å². The van der Waals surface area contributed by atoms with Crippen molar-refractivity contribution in [3.63, 3.8) is 0 Å². The Labute approximate surface area is 135 Å². The largest absolute Gasteiger partial charge is 0.392 e. The number of rotatable bonds is 8. The number of carbonyl (C=O) groups excluding carboxylic acids is 2. The zero-order valence-electron chi connectivity index (χ0n) is 13.4. The Morgan fingerprint density at radius 1 is 1.22 bits per heavy atom. The summed E-state index contributed by atoms with van der Waals surface area (Å²) in [5.74, 6) is -0.666. The van der Waals surface area contributed by atoms with Gasteiger partial charge in [0.15, 0.2) is 0 Å². The molecule has 0 aliphatic rings. The average Bonchev–Trinajstić information content (AvgIpc) is 2.51. The van der Waals surface area contributed by atoms with Gasteiger partial charge in [-0.15, -0.1) is 0 Å². The molecule has 0 aromatic heterocycles. The smallest absolute Gasteiger partial charge is 0.315 e. The van der Waals surface area contributed by atoms with Gasteiger partial charge in [-0.25, -0.2) is 9.18 Å². The van der Waals surface area contributed by atoms with Gasteiger partial charge in [0.1, 0.15) is 11.9 Å². The van der Waals surface area contributed by atoms with Crippen LogP contribution in [0, 0.1) is 5.82 Å². The summed E-state index contributed by atoms with van der Waals surface area (Å²) < 4.78 is 12.8. The Hall–Kier alpha value is -2.15. The maximum Gasteiger partial charge on any atom is 0.315 e. The van der Waals surface area contributed by atoms with E-state index in [1.54, 1.807) is 19.1 Å². The summed E-state index contributed by atoms with van der Waals surface area (Å²) in [6, 6.07) is 4.66. The van der Waals surface area contributed by atoms with Gasteiger partial charge in [-0.05, 0) is 31.0 Å². The van der Waals surface area contributed by atoms with Crippen LogP contribution in [0.15, 0.2) is 24.3 Å². The summed E-state index contributed by atoms with van der Waals surface area (Å²) in [4.78, 5) is 23.9. The second-order valence-electron chi connectivity index (χ2n) is 5.39. The maximum absolute atomic E-state index is 12.8. The maximum atomic E-state index is 12.8. The highest BCUT2D eigenvalue weighted by atomic mass is 19.1. The third-order valence-corrected chi connectivity index (χ3v) is 3.14. The lowest BCUT2D eigenvalue weighted by atomic mass is 10.1. The topological polar surface area (TPSA) is 90.5 Å². The van der Waals surface area contributed by atoms with E-state index in [1.807, 2.05) is 6.92 Å². The summed E-state index contributed by atoms with van der Waals surface area (Å²) >= 11 is 0. The van der Waals surface area contributed by atoms with E-state index in [2.05, 4.69) is 16.0 Å². The van der Waals surface area contributed by atoms with Crippen molar-refractivity contribution < 1.29 is 19.1 Å². The number of amides is 3. The first kappa shape index (κ1) is 18.9. The van der Waals surface area contributed by atoms with Gasteiger partial charge in [-0.3, -0.25) is 4.79 Å². The number of aliphatic hydroxyl groups excluding tert-OH is 1. The predicted octanol–water partition coefficient (Wildman–Crippen LogP) is 1.29. The Balaban J connectivity index is 2.46. The molecule has 6 nitrogen and oxygen atoms in total. The van der Waals surface area contributed by atoms with Gasteiger partial charge in [0, 0.05) is 13.1 Å². The van der Waals surface area contributed by atoms with Gasteiger partial charge < -0.3 is 21.1 Å². The lowest BCUT2D eigenvalue weighted by molar-refractivity contribution is -0.123. The summed E-state index contributed by atoms with van der Waals surface area (Å²) in [5.41, 5.74) is 0.757. The molecule has 0 saturated carbocycles. The molecule has 1 aromatic carbocycles. The molecule has 1 rings (SSSR count). The van der Waals surface area contributed by atoms with Gasteiger partial charge in [-0.2, -0.15) is 0 Å². The van der Waals surface area contributed by atoms with Crippen molar-refractivity contribution in [3.05, 3.63) is 35.6 Å². The highest BCUT2D eigenvalue weighted by Gasteiger charge is 2.19. The Morgan fingerprint density at radius 3 is 2.43 bits per heavy atom. The van der Waals surface area contributed by atoms with E-state index in [0.29, 0.717) is 6.42 Å². The quantitative estimate of drug-likeness (QED) is 0.580. The molecule has 128 valence electrons. The Morgan fingerprint density at radius 2 is 1.87 bits per heavy atom. The Bertz CT molecular complexity index is 506. The van der Waals surface area contributed by atoms with Gasteiger partial charge >= 0.3 is 6.03 Å². The molecular formula is C16H24FN3O3. The van der Waals surface area contributed by atoms with Crippen LogP contribution in [0.5, 0.6) is 0 Å². The van der Waals surface area contributed by atoms with E-state index in [-0.39, 0.29) is 24.8 Å². The molecule has 0 radical (unpaired) electrons. The summed E-state index contributed by atoms with van der Waals surface area (Å²) in [6.07, 6.45) is 0.578. The number of halogens is 1. The van der Waals surface area contributed by atoms with Crippen LogP contribution in [0.1, 0.15) is 32.3 Å². The van der Waals surface area contributed by atoms with E-state index in [4.69, 9.17) is 0 Å². The zero-order chi connectivity index (χ0) is 17.2. The van der Waals surface area contributed by atoms with Crippen molar-refractivity contribution in [2.24, 2.45) is 0 Å². The summed E-state index contributed by atoms with van der Waals surface area (Å²) in [7, 11) is 0. The number of hydrogen-bond donors (Lipinski definition) is 4. The number of benzene rings is 1. The van der Waals surface area contributed by atoms with Gasteiger partial charge in [0.2, 0.25) is 5.91 Å². The van der Waals surface area contributed by atoms with Crippen molar-refractivity contribution >= 4 is 11.9 Å². The van der Waals surface area contributed by atoms with E-state index >= 15 is 0 Å². The van der Waals surface area contributed by atoms with Crippen molar-refractivity contribution in [1.29, 1.82) is 0 Å². The van der Waals surface area contributed by atoms with Crippen molar-refractivity contribution in [2.75, 3.05) is 6.54 Å². The monoisotopic (exact) mass is 325 g/mol.